The molecule has 0 rings (SSSR count). The lowest BCUT2D eigenvalue weighted by atomic mass is 10.0. The van der Waals surface area contributed by atoms with Crippen LogP contribution in [-0.2, 0) is 18.4 Å². The lowest BCUT2D eigenvalue weighted by molar-refractivity contribution is -0.123. The van der Waals surface area contributed by atoms with E-state index < -0.39 is 20.0 Å². The minimum atomic E-state index is -4.31. The molecule has 0 saturated carbocycles. The average Bonchev–Trinajstić information content (AvgIpc) is 3.12. The van der Waals surface area contributed by atoms with Crippen LogP contribution in [0.3, 0.4) is 0 Å². The highest BCUT2D eigenvalue weighted by Gasteiger charge is 2.27. The van der Waals surface area contributed by atoms with Gasteiger partial charge in [-0.25, -0.2) is 4.57 Å². The molecule has 0 radical (unpaired) electrons. The maximum absolute atomic E-state index is 12.8. The van der Waals surface area contributed by atoms with Crippen molar-refractivity contribution in [2.24, 2.45) is 5.73 Å². The van der Waals surface area contributed by atoms with Gasteiger partial charge in [-0.15, -0.1) is 0 Å². The molecule has 1 unspecified atom stereocenters. The van der Waals surface area contributed by atoms with Crippen molar-refractivity contribution in [1.82, 2.24) is 5.32 Å². The maximum atomic E-state index is 12.8. The average molecular weight is 747 g/mol. The number of phosphoric acid groups is 1. The van der Waals surface area contributed by atoms with E-state index in [1.807, 2.05) is 0 Å². The first-order valence-electron chi connectivity index (χ1n) is 22.2. The second-order valence-corrected chi connectivity index (χ2v) is 16.7. The number of hydrogen-bond acceptors (Lipinski definition) is 6. The van der Waals surface area contributed by atoms with Crippen molar-refractivity contribution in [3.8, 4) is 0 Å². The van der Waals surface area contributed by atoms with Gasteiger partial charge in [0.15, 0.2) is 0 Å². The number of amides is 1. The summed E-state index contributed by atoms with van der Waals surface area (Å²) in [5.41, 5.74) is 5.38. The van der Waals surface area contributed by atoms with Gasteiger partial charge in [-0.05, 0) is 12.8 Å². The first-order chi connectivity index (χ1) is 24.9. The van der Waals surface area contributed by atoms with Crippen LogP contribution in [0.25, 0.3) is 0 Å². The molecule has 1 amide bonds. The minimum absolute atomic E-state index is 0.0925. The molecule has 8 nitrogen and oxygen atoms in total. The quantitative estimate of drug-likeness (QED) is 0.0361. The summed E-state index contributed by atoms with van der Waals surface area (Å²) in [6.45, 7) is 4.24. The normalized spacial score (nSPS) is 14.1. The van der Waals surface area contributed by atoms with Crippen LogP contribution in [0.15, 0.2) is 0 Å². The molecule has 0 fully saturated rings. The lowest BCUT2D eigenvalue weighted by Gasteiger charge is -2.25. The summed E-state index contributed by atoms with van der Waals surface area (Å²) in [5.74, 6) is -0.157. The second kappa shape index (κ2) is 39.2. The molecule has 3 atom stereocenters. The Hall–Kier alpha value is -0.500. The van der Waals surface area contributed by atoms with Crippen LogP contribution < -0.4 is 11.1 Å². The topological polar surface area (TPSA) is 131 Å². The fraction of sp³-hybridized carbons (Fsp3) is 0.976. The molecule has 0 aromatic carbocycles. The van der Waals surface area contributed by atoms with Crippen molar-refractivity contribution in [2.45, 2.75) is 244 Å². The Morgan fingerprint density at radius 2 is 0.902 bits per heavy atom. The summed E-state index contributed by atoms with van der Waals surface area (Å²) in [6, 6.07) is -0.767. The van der Waals surface area contributed by atoms with Crippen molar-refractivity contribution in [1.29, 1.82) is 0 Å². The summed E-state index contributed by atoms with van der Waals surface area (Å²) in [5, 5.41) is 13.8. The van der Waals surface area contributed by atoms with Crippen LogP contribution in [0.4, 0.5) is 0 Å². The van der Waals surface area contributed by atoms with E-state index in [0.29, 0.717) is 12.8 Å². The van der Waals surface area contributed by atoms with Gasteiger partial charge in [0.1, 0.15) is 0 Å². The molecule has 51 heavy (non-hydrogen) atoms. The van der Waals surface area contributed by atoms with Gasteiger partial charge in [-0.2, -0.15) is 0 Å². The number of carbonyl (C=O) groups excluding carboxylic acids is 1. The highest BCUT2D eigenvalue weighted by Crippen LogP contribution is 2.43. The molecule has 0 aromatic heterocycles. The first-order valence-corrected chi connectivity index (χ1v) is 23.6. The van der Waals surface area contributed by atoms with Crippen LogP contribution in [0.1, 0.15) is 232 Å². The Kier molecular flexibility index (Phi) is 38.8. The Morgan fingerprint density at radius 3 is 1.25 bits per heavy atom. The third-order valence-electron chi connectivity index (χ3n) is 10.2. The molecule has 0 saturated heterocycles. The zero-order valence-corrected chi connectivity index (χ0v) is 34.8. The van der Waals surface area contributed by atoms with E-state index in [0.717, 1.165) is 38.5 Å². The summed E-state index contributed by atoms with van der Waals surface area (Å²) in [4.78, 5) is 22.7. The number of nitrogens with two attached hydrogens (primary N) is 1. The highest BCUT2D eigenvalue weighted by molar-refractivity contribution is 7.47. The van der Waals surface area contributed by atoms with Gasteiger partial charge in [-0.3, -0.25) is 13.8 Å². The van der Waals surface area contributed by atoms with E-state index in [9.17, 15) is 19.4 Å². The second-order valence-electron chi connectivity index (χ2n) is 15.3. The summed E-state index contributed by atoms with van der Waals surface area (Å²) < 4.78 is 22.2. The Balaban J connectivity index is 4.11. The molecular weight excluding hydrogens is 659 g/mol. The van der Waals surface area contributed by atoms with E-state index in [2.05, 4.69) is 19.2 Å². The molecular formula is C42H87N2O6P. The number of unbranched alkanes of at least 4 members (excludes halogenated alkanes) is 30. The Labute approximate surface area is 316 Å². The molecule has 9 heteroatoms. The zero-order chi connectivity index (χ0) is 37.5. The Bertz CT molecular complexity index is 774. The first kappa shape index (κ1) is 50.5. The molecule has 0 aliphatic carbocycles. The van der Waals surface area contributed by atoms with E-state index >= 15 is 0 Å². The van der Waals surface area contributed by atoms with Gasteiger partial charge in [0.25, 0.3) is 0 Å². The van der Waals surface area contributed by atoms with Crippen LogP contribution in [0.5, 0.6) is 0 Å². The molecule has 5 N–H and O–H groups in total. The fourth-order valence-electron chi connectivity index (χ4n) is 6.84. The SMILES string of the molecule is CCCCCCCCCCCCCCCCCCCC(=O)N[C@@H](COP(=O)(O)OCCN)[C@H](O)CCCCCCCCCCCCCCCCC. The van der Waals surface area contributed by atoms with E-state index in [1.165, 1.54) is 167 Å². The number of carbonyl (C=O) groups is 1. The standard InChI is InChI=1S/C42H87N2O6P/c1-3-5-7-9-11-13-15-17-19-20-22-24-26-28-30-32-34-36-42(46)44-40(39-50-51(47,48)49-38-37-43)41(45)35-33-31-29-27-25-23-21-18-16-14-12-10-8-6-4-2/h40-41,45H,3-39,43H2,1-2H3,(H,44,46)(H,47,48)/t40-,41+/m0/s1. The van der Waals surface area contributed by atoms with Crippen LogP contribution in [0, 0.1) is 0 Å². The van der Waals surface area contributed by atoms with E-state index in [4.69, 9.17) is 14.8 Å². The van der Waals surface area contributed by atoms with Gasteiger partial charge in [0.2, 0.25) is 5.91 Å². The number of phosphoric ester groups is 1. The van der Waals surface area contributed by atoms with Crippen molar-refractivity contribution in [3.63, 3.8) is 0 Å². The lowest BCUT2D eigenvalue weighted by Crippen LogP contribution is -2.46. The maximum Gasteiger partial charge on any atom is 0.472 e. The van der Waals surface area contributed by atoms with E-state index in [1.54, 1.807) is 0 Å². The molecule has 306 valence electrons. The third-order valence-corrected chi connectivity index (χ3v) is 11.2. The number of nitrogens with one attached hydrogen (secondary N) is 1. The third kappa shape index (κ3) is 37.6. The number of aliphatic hydroxyl groups is 1. The predicted molar refractivity (Wildman–Crippen MR) is 217 cm³/mol. The molecule has 0 aliphatic rings. The van der Waals surface area contributed by atoms with Crippen LogP contribution in [0.2, 0.25) is 0 Å². The summed E-state index contributed by atoms with van der Waals surface area (Å²) >= 11 is 0. The molecule has 0 spiro atoms. The van der Waals surface area contributed by atoms with Gasteiger partial charge in [0.05, 0.1) is 25.4 Å². The van der Waals surface area contributed by atoms with Crippen molar-refractivity contribution >= 4 is 13.7 Å². The predicted octanol–water partition coefficient (Wildman–Crippen LogP) is 12.2. The van der Waals surface area contributed by atoms with Crippen molar-refractivity contribution in [2.75, 3.05) is 19.8 Å². The van der Waals surface area contributed by atoms with Gasteiger partial charge < -0.3 is 21.1 Å². The molecule has 0 bridgehead atoms. The van der Waals surface area contributed by atoms with Gasteiger partial charge >= 0.3 is 7.82 Å². The Morgan fingerprint density at radius 1 is 0.569 bits per heavy atom. The van der Waals surface area contributed by atoms with Crippen LogP contribution >= 0.6 is 7.82 Å². The largest absolute Gasteiger partial charge is 0.472 e. The summed E-state index contributed by atoms with van der Waals surface area (Å²) in [7, 11) is -4.31. The van der Waals surface area contributed by atoms with Gasteiger partial charge in [-0.1, -0.05) is 213 Å². The van der Waals surface area contributed by atoms with Crippen molar-refractivity contribution < 1.29 is 28.4 Å². The van der Waals surface area contributed by atoms with Crippen molar-refractivity contribution in [3.05, 3.63) is 0 Å². The fourth-order valence-corrected chi connectivity index (χ4v) is 7.60. The van der Waals surface area contributed by atoms with E-state index in [-0.39, 0.29) is 25.7 Å². The number of rotatable bonds is 42. The molecule has 0 heterocycles. The highest BCUT2D eigenvalue weighted by atomic mass is 31.2. The monoisotopic (exact) mass is 747 g/mol. The van der Waals surface area contributed by atoms with Gasteiger partial charge in [0, 0.05) is 13.0 Å². The molecule has 0 aromatic rings. The number of hydrogen-bond donors (Lipinski definition) is 4. The van der Waals surface area contributed by atoms with Crippen LogP contribution in [-0.4, -0.2) is 47.8 Å². The smallest absolute Gasteiger partial charge is 0.391 e. The zero-order valence-electron chi connectivity index (χ0n) is 33.9. The summed E-state index contributed by atoms with van der Waals surface area (Å²) in [6.07, 6.45) is 41.0. The minimum Gasteiger partial charge on any atom is -0.391 e. The molecule has 0 aliphatic heterocycles. The number of aliphatic hydroxyl groups excluding tert-OH is 1.